The number of allylic oxidation sites excluding steroid dienone is 1. The van der Waals surface area contributed by atoms with E-state index in [2.05, 4.69) is 23.6 Å². The van der Waals surface area contributed by atoms with E-state index in [-0.39, 0.29) is 19.0 Å². The van der Waals surface area contributed by atoms with Gasteiger partial charge in [-0.25, -0.2) is 4.79 Å². The van der Waals surface area contributed by atoms with Crippen molar-refractivity contribution in [2.24, 2.45) is 0 Å². The highest BCUT2D eigenvalue weighted by atomic mass is 16.5. The molecule has 0 aliphatic heterocycles. The minimum Gasteiger partial charge on any atom is -0.487 e. The molecule has 0 unspecified atom stereocenters. The highest BCUT2D eigenvalue weighted by molar-refractivity contribution is 5.69. The molecule has 0 rings (SSSR count). The maximum Gasteiger partial charge on any atom is 0.305 e. The van der Waals surface area contributed by atoms with Gasteiger partial charge in [0.1, 0.15) is 0 Å². The lowest BCUT2D eigenvalue weighted by Gasteiger charge is -2.25. The summed E-state index contributed by atoms with van der Waals surface area (Å²) in [5.74, 6) is 1.71. The lowest BCUT2D eigenvalue weighted by molar-refractivity contribution is -0.144. The van der Waals surface area contributed by atoms with Crippen molar-refractivity contribution in [1.82, 2.24) is 9.80 Å². The molecule has 420 valence electrons. The van der Waals surface area contributed by atoms with Crippen LogP contribution in [0.3, 0.4) is 0 Å². The Morgan fingerprint density at radius 3 is 1.00 bits per heavy atom. The molecule has 0 fully saturated rings. The minimum absolute atomic E-state index is 0.0632. The number of carbonyl (C=O) groups excluding carboxylic acids is 2. The molecule has 0 heterocycles. The third-order valence-electron chi connectivity index (χ3n) is 14.6. The highest BCUT2D eigenvalue weighted by Crippen LogP contribution is 2.17. The molecule has 0 aromatic heterocycles. The summed E-state index contributed by atoms with van der Waals surface area (Å²) in [5, 5.41) is 18.8. The molecule has 2 N–H and O–H groups in total. The van der Waals surface area contributed by atoms with Gasteiger partial charge in [0.15, 0.2) is 11.7 Å². The summed E-state index contributed by atoms with van der Waals surface area (Å²) in [5.41, 5.74) is 0. The Morgan fingerprint density at radius 1 is 0.352 bits per heavy atom. The van der Waals surface area contributed by atoms with E-state index in [1.54, 1.807) is 0 Å². The van der Waals surface area contributed by atoms with Gasteiger partial charge in [0.2, 0.25) is 0 Å². The van der Waals surface area contributed by atoms with Gasteiger partial charge in [0, 0.05) is 25.8 Å². The molecule has 71 heavy (non-hydrogen) atoms. The van der Waals surface area contributed by atoms with E-state index in [0.29, 0.717) is 44.8 Å². The second kappa shape index (κ2) is 59.0. The summed E-state index contributed by atoms with van der Waals surface area (Å²) < 4.78 is 11.4. The van der Waals surface area contributed by atoms with Crippen molar-refractivity contribution in [1.29, 1.82) is 0 Å². The van der Waals surface area contributed by atoms with Gasteiger partial charge in [0.25, 0.3) is 0 Å². The SMILES string of the molecule is CCCCCCCCCCCCCCCCCCCCCCCCOC(=O)CCCCCN(CCCCCC(=O)O)CCCN(CCO)CCCCCC(=C=O)OCCCCCCCCCCCCCC. The Hall–Kier alpha value is -1.93. The lowest BCUT2D eigenvalue weighted by atomic mass is 10.0. The van der Waals surface area contributed by atoms with Crippen LogP contribution in [0.4, 0.5) is 0 Å². The van der Waals surface area contributed by atoms with Crippen LogP contribution in [-0.2, 0) is 23.9 Å². The van der Waals surface area contributed by atoms with Crippen LogP contribution in [0.2, 0.25) is 0 Å². The Labute approximate surface area is 440 Å². The van der Waals surface area contributed by atoms with Gasteiger partial charge >= 0.3 is 11.9 Å². The van der Waals surface area contributed by atoms with E-state index >= 15 is 0 Å². The van der Waals surface area contributed by atoms with Crippen molar-refractivity contribution >= 4 is 17.9 Å². The van der Waals surface area contributed by atoms with Crippen LogP contribution in [-0.4, -0.2) is 97.0 Å². The monoisotopic (exact) mass is 1000 g/mol. The molecule has 9 heteroatoms. The standard InChI is InChI=1S/C62H120N2O7/c1-3-5-7-9-11-13-15-17-18-19-20-21-22-23-24-25-26-28-30-32-34-45-58-71-62(69)49-40-37-43-51-63(50-42-36-39-48-61(67)68)53-46-54-64(55-56-65)52-41-35-38-47-60(59-66)70-57-44-33-31-29-27-16-14-12-10-8-6-4-2/h65H,3-58H2,1-2H3,(H,67,68). The summed E-state index contributed by atoms with van der Waals surface area (Å²) in [4.78, 5) is 39.8. The van der Waals surface area contributed by atoms with Gasteiger partial charge < -0.3 is 29.5 Å². The summed E-state index contributed by atoms with van der Waals surface area (Å²) in [7, 11) is 0. The Bertz CT molecular complexity index is 1150. The van der Waals surface area contributed by atoms with Crippen LogP contribution >= 0.6 is 0 Å². The van der Waals surface area contributed by atoms with E-state index in [9.17, 15) is 19.5 Å². The number of aliphatic carboxylic acids is 1. The van der Waals surface area contributed by atoms with Crippen LogP contribution in [0.5, 0.6) is 0 Å². The normalized spacial score (nSPS) is 11.5. The Kier molecular flexibility index (Phi) is 57.4. The third-order valence-corrected chi connectivity index (χ3v) is 14.6. The molecule has 9 nitrogen and oxygen atoms in total. The van der Waals surface area contributed by atoms with Crippen LogP contribution < -0.4 is 0 Å². The number of hydrogen-bond donors (Lipinski definition) is 2. The first-order chi connectivity index (χ1) is 35.0. The predicted octanol–water partition coefficient (Wildman–Crippen LogP) is 17.3. The Morgan fingerprint density at radius 2 is 0.648 bits per heavy atom. The fourth-order valence-corrected chi connectivity index (χ4v) is 9.96. The van der Waals surface area contributed by atoms with Gasteiger partial charge in [-0.15, -0.1) is 0 Å². The number of esters is 1. The molecular formula is C62H120N2O7. The van der Waals surface area contributed by atoms with Gasteiger partial charge in [-0.1, -0.05) is 239 Å². The van der Waals surface area contributed by atoms with Gasteiger partial charge in [0.05, 0.1) is 19.8 Å². The number of rotatable bonds is 61. The number of aliphatic hydroxyl groups excluding tert-OH is 1. The van der Waals surface area contributed by atoms with Gasteiger partial charge in [-0.3, -0.25) is 9.59 Å². The van der Waals surface area contributed by atoms with E-state index in [1.807, 2.05) is 5.94 Å². The maximum absolute atomic E-state index is 12.4. The average Bonchev–Trinajstić information content (AvgIpc) is 3.36. The molecule has 0 atom stereocenters. The predicted molar refractivity (Wildman–Crippen MR) is 302 cm³/mol. The molecule has 0 radical (unpaired) electrons. The molecule has 0 aliphatic carbocycles. The summed E-state index contributed by atoms with van der Waals surface area (Å²) >= 11 is 0. The minimum atomic E-state index is -0.727. The van der Waals surface area contributed by atoms with Crippen molar-refractivity contribution in [3.05, 3.63) is 5.76 Å². The van der Waals surface area contributed by atoms with Crippen LogP contribution in [0.25, 0.3) is 0 Å². The van der Waals surface area contributed by atoms with E-state index < -0.39 is 5.97 Å². The topological polar surface area (TPSA) is 117 Å². The molecule has 0 bridgehead atoms. The second-order valence-electron chi connectivity index (χ2n) is 21.5. The lowest BCUT2D eigenvalue weighted by Crippen LogP contribution is -2.33. The summed E-state index contributed by atoms with van der Waals surface area (Å²) in [6, 6.07) is 0. The van der Waals surface area contributed by atoms with E-state index in [4.69, 9.17) is 14.6 Å². The van der Waals surface area contributed by atoms with Gasteiger partial charge in [-0.2, -0.15) is 0 Å². The van der Waals surface area contributed by atoms with Crippen molar-refractivity contribution < 1.29 is 34.1 Å². The van der Waals surface area contributed by atoms with E-state index in [1.165, 1.54) is 193 Å². The van der Waals surface area contributed by atoms with Crippen LogP contribution in [0.1, 0.15) is 316 Å². The number of carboxylic acids is 1. The van der Waals surface area contributed by atoms with Gasteiger partial charge in [-0.05, 0) is 90.5 Å². The fourth-order valence-electron chi connectivity index (χ4n) is 9.96. The molecule has 0 aliphatic rings. The largest absolute Gasteiger partial charge is 0.487 e. The second-order valence-corrected chi connectivity index (χ2v) is 21.5. The number of carbonyl (C=O) groups is 2. The summed E-state index contributed by atoms with van der Waals surface area (Å²) in [6.45, 7) is 11.3. The zero-order chi connectivity index (χ0) is 51.6. The number of unbranched alkanes of at least 4 members (excludes halogenated alkanes) is 38. The van der Waals surface area contributed by atoms with Crippen molar-refractivity contribution in [3.63, 3.8) is 0 Å². The van der Waals surface area contributed by atoms with Crippen molar-refractivity contribution in [2.75, 3.05) is 59.1 Å². The number of nitrogens with zero attached hydrogens (tertiary/aromatic N) is 2. The number of hydrogen-bond acceptors (Lipinski definition) is 8. The van der Waals surface area contributed by atoms with Crippen LogP contribution in [0, 0.1) is 0 Å². The quantitative estimate of drug-likeness (QED) is 0.0266. The number of carboxylic acid groups (broad SMARTS) is 1. The molecule has 0 aromatic carbocycles. The summed E-state index contributed by atoms with van der Waals surface area (Å²) in [6.07, 6.45) is 56.6. The number of aliphatic hydroxyl groups is 1. The fraction of sp³-hybridized carbons (Fsp3) is 0.935. The zero-order valence-electron chi connectivity index (χ0n) is 47.4. The third kappa shape index (κ3) is 55.7. The zero-order valence-corrected chi connectivity index (χ0v) is 47.4. The van der Waals surface area contributed by atoms with Crippen molar-refractivity contribution in [2.45, 2.75) is 316 Å². The molecule has 0 aromatic rings. The molecule has 0 saturated carbocycles. The molecule has 0 amide bonds. The average molecular weight is 1010 g/mol. The van der Waals surface area contributed by atoms with Crippen LogP contribution in [0.15, 0.2) is 5.76 Å². The highest BCUT2D eigenvalue weighted by Gasteiger charge is 2.11. The maximum atomic E-state index is 12.4. The number of ether oxygens (including phenoxy) is 2. The molecule has 0 saturated heterocycles. The molecule has 0 spiro atoms. The molecular weight excluding hydrogens is 885 g/mol. The Balaban J connectivity index is 4.05. The van der Waals surface area contributed by atoms with E-state index in [0.717, 1.165) is 116 Å². The van der Waals surface area contributed by atoms with Crippen molar-refractivity contribution in [3.8, 4) is 0 Å². The first-order valence-corrected chi connectivity index (χ1v) is 31.3. The first-order valence-electron chi connectivity index (χ1n) is 31.3. The smallest absolute Gasteiger partial charge is 0.305 e. The first kappa shape index (κ1) is 69.1.